The Balaban J connectivity index is 1.65. The molecule has 1 N–H and O–H groups in total. The van der Waals surface area contributed by atoms with Crippen molar-refractivity contribution in [2.75, 3.05) is 44.7 Å². The second-order valence-corrected chi connectivity index (χ2v) is 8.19. The van der Waals surface area contributed by atoms with Crippen molar-refractivity contribution in [3.63, 3.8) is 0 Å². The molecule has 0 bridgehead atoms. The molecule has 1 fully saturated rings. The third kappa shape index (κ3) is 4.79. The van der Waals surface area contributed by atoms with Crippen LogP contribution in [-0.2, 0) is 14.3 Å². The standard InChI is InChI=1S/C24H26N4O5/c1-16-3-6-19(15-17(16)2)25-22-21(18-4-7-20(8-5-18)28(31)32)23(29)27(24(22)30)10-9-26-11-13-33-14-12-26/h3-8,15,25H,9-14H2,1-2H3. The van der Waals surface area contributed by atoms with Gasteiger partial charge >= 0.3 is 0 Å². The molecule has 2 heterocycles. The van der Waals surface area contributed by atoms with Crippen molar-refractivity contribution in [1.29, 1.82) is 0 Å². The van der Waals surface area contributed by atoms with E-state index in [1.54, 1.807) is 0 Å². The van der Waals surface area contributed by atoms with Gasteiger partial charge in [-0.05, 0) is 54.8 Å². The molecule has 172 valence electrons. The number of anilines is 1. The van der Waals surface area contributed by atoms with E-state index in [0.717, 1.165) is 24.2 Å². The normalized spacial score (nSPS) is 17.1. The number of non-ortho nitro benzene ring substituents is 1. The number of carbonyl (C=O) groups excluding carboxylic acids is 2. The van der Waals surface area contributed by atoms with Crippen molar-refractivity contribution >= 4 is 28.8 Å². The number of benzene rings is 2. The fourth-order valence-electron chi connectivity index (χ4n) is 3.94. The van der Waals surface area contributed by atoms with Gasteiger partial charge in [-0.2, -0.15) is 0 Å². The number of imide groups is 1. The summed E-state index contributed by atoms with van der Waals surface area (Å²) >= 11 is 0. The lowest BCUT2D eigenvalue weighted by Gasteiger charge is -2.28. The van der Waals surface area contributed by atoms with Gasteiger partial charge in [-0.25, -0.2) is 0 Å². The quantitative estimate of drug-likeness (QED) is 0.393. The highest BCUT2D eigenvalue weighted by molar-refractivity contribution is 6.36. The van der Waals surface area contributed by atoms with E-state index in [1.807, 2.05) is 32.0 Å². The minimum Gasteiger partial charge on any atom is -0.379 e. The van der Waals surface area contributed by atoms with E-state index in [-0.39, 0.29) is 23.5 Å². The van der Waals surface area contributed by atoms with E-state index < -0.39 is 16.7 Å². The van der Waals surface area contributed by atoms with Gasteiger partial charge in [0.25, 0.3) is 17.5 Å². The van der Waals surface area contributed by atoms with Gasteiger partial charge in [0.1, 0.15) is 5.70 Å². The zero-order valence-corrected chi connectivity index (χ0v) is 18.7. The summed E-state index contributed by atoms with van der Waals surface area (Å²) in [4.78, 5) is 40.6. The first-order valence-corrected chi connectivity index (χ1v) is 10.8. The number of nitrogens with zero attached hydrogens (tertiary/aromatic N) is 3. The molecule has 0 saturated carbocycles. The molecule has 4 rings (SSSR count). The van der Waals surface area contributed by atoms with Gasteiger partial charge in [0.15, 0.2) is 0 Å². The first-order chi connectivity index (χ1) is 15.8. The fourth-order valence-corrected chi connectivity index (χ4v) is 3.94. The zero-order valence-electron chi connectivity index (χ0n) is 18.7. The highest BCUT2D eigenvalue weighted by Crippen LogP contribution is 2.31. The van der Waals surface area contributed by atoms with Crippen LogP contribution in [0.15, 0.2) is 48.2 Å². The summed E-state index contributed by atoms with van der Waals surface area (Å²) in [7, 11) is 0. The van der Waals surface area contributed by atoms with E-state index in [2.05, 4.69) is 10.2 Å². The average Bonchev–Trinajstić information content (AvgIpc) is 3.04. The monoisotopic (exact) mass is 450 g/mol. The number of morpholine rings is 1. The number of nitrogens with one attached hydrogen (secondary N) is 1. The van der Waals surface area contributed by atoms with Crippen LogP contribution in [0.2, 0.25) is 0 Å². The average molecular weight is 450 g/mol. The van der Waals surface area contributed by atoms with Crippen LogP contribution in [0.3, 0.4) is 0 Å². The van der Waals surface area contributed by atoms with Crippen LogP contribution < -0.4 is 5.32 Å². The lowest BCUT2D eigenvalue weighted by molar-refractivity contribution is -0.384. The molecular weight excluding hydrogens is 424 g/mol. The molecule has 2 aliphatic rings. The fraction of sp³-hybridized carbons (Fsp3) is 0.333. The molecule has 0 atom stereocenters. The highest BCUT2D eigenvalue weighted by Gasteiger charge is 2.39. The number of amides is 2. The topological polar surface area (TPSA) is 105 Å². The number of hydrogen-bond acceptors (Lipinski definition) is 7. The number of nitro groups is 1. The molecule has 9 heteroatoms. The maximum Gasteiger partial charge on any atom is 0.278 e. The molecule has 0 aromatic heterocycles. The molecule has 1 saturated heterocycles. The second kappa shape index (κ2) is 9.51. The Hall–Kier alpha value is -3.56. The predicted octanol–water partition coefficient (Wildman–Crippen LogP) is 2.74. The molecular formula is C24H26N4O5. The van der Waals surface area contributed by atoms with Crippen LogP contribution in [0.5, 0.6) is 0 Å². The second-order valence-electron chi connectivity index (χ2n) is 8.19. The van der Waals surface area contributed by atoms with E-state index in [0.29, 0.717) is 31.0 Å². The first kappa shape index (κ1) is 22.6. The Morgan fingerprint density at radius 3 is 2.30 bits per heavy atom. The van der Waals surface area contributed by atoms with Crippen LogP contribution in [0.25, 0.3) is 5.57 Å². The molecule has 0 aliphatic carbocycles. The van der Waals surface area contributed by atoms with Crippen molar-refractivity contribution < 1.29 is 19.2 Å². The van der Waals surface area contributed by atoms with Crippen LogP contribution in [-0.4, -0.2) is 65.9 Å². The smallest absolute Gasteiger partial charge is 0.278 e. The lowest BCUT2D eigenvalue weighted by atomic mass is 10.0. The summed E-state index contributed by atoms with van der Waals surface area (Å²) < 4.78 is 5.36. The van der Waals surface area contributed by atoms with Gasteiger partial charge < -0.3 is 10.1 Å². The molecule has 2 amide bonds. The summed E-state index contributed by atoms with van der Waals surface area (Å²) in [5.74, 6) is -0.812. The Morgan fingerprint density at radius 1 is 0.970 bits per heavy atom. The highest BCUT2D eigenvalue weighted by atomic mass is 16.6. The van der Waals surface area contributed by atoms with Gasteiger partial charge in [0, 0.05) is 44.0 Å². The first-order valence-electron chi connectivity index (χ1n) is 10.8. The van der Waals surface area contributed by atoms with Gasteiger partial charge in [-0.1, -0.05) is 6.07 Å². The third-order valence-corrected chi connectivity index (χ3v) is 6.05. The van der Waals surface area contributed by atoms with E-state index >= 15 is 0 Å². The number of nitro benzene ring substituents is 1. The summed E-state index contributed by atoms with van der Waals surface area (Å²) in [6, 6.07) is 11.4. The van der Waals surface area contributed by atoms with Crippen LogP contribution in [0.1, 0.15) is 16.7 Å². The minimum absolute atomic E-state index is 0.0797. The van der Waals surface area contributed by atoms with E-state index in [4.69, 9.17) is 4.74 Å². The van der Waals surface area contributed by atoms with Crippen molar-refractivity contribution in [2.45, 2.75) is 13.8 Å². The maximum absolute atomic E-state index is 13.4. The minimum atomic E-state index is -0.497. The number of rotatable bonds is 7. The Morgan fingerprint density at radius 2 is 1.67 bits per heavy atom. The number of aryl methyl sites for hydroxylation is 2. The number of hydrogen-bond donors (Lipinski definition) is 1. The zero-order chi connectivity index (χ0) is 23.5. The summed E-state index contributed by atoms with van der Waals surface area (Å²) in [6.45, 7) is 7.57. The van der Waals surface area contributed by atoms with Gasteiger partial charge in [-0.15, -0.1) is 0 Å². The Kier molecular flexibility index (Phi) is 6.52. The summed E-state index contributed by atoms with van der Waals surface area (Å²) in [5.41, 5.74) is 3.64. The lowest BCUT2D eigenvalue weighted by Crippen LogP contribution is -2.43. The predicted molar refractivity (Wildman–Crippen MR) is 124 cm³/mol. The van der Waals surface area contributed by atoms with Crippen LogP contribution in [0.4, 0.5) is 11.4 Å². The van der Waals surface area contributed by atoms with Crippen molar-refractivity contribution in [2.24, 2.45) is 0 Å². The molecule has 0 unspecified atom stereocenters. The maximum atomic E-state index is 13.4. The Bertz CT molecular complexity index is 1120. The van der Waals surface area contributed by atoms with Crippen molar-refractivity contribution in [1.82, 2.24) is 9.80 Å². The molecule has 2 aromatic carbocycles. The third-order valence-electron chi connectivity index (χ3n) is 6.05. The largest absolute Gasteiger partial charge is 0.379 e. The molecule has 9 nitrogen and oxygen atoms in total. The van der Waals surface area contributed by atoms with Gasteiger partial charge in [-0.3, -0.25) is 29.5 Å². The van der Waals surface area contributed by atoms with E-state index in [9.17, 15) is 19.7 Å². The van der Waals surface area contributed by atoms with Crippen molar-refractivity contribution in [3.8, 4) is 0 Å². The molecule has 2 aliphatic heterocycles. The van der Waals surface area contributed by atoms with Gasteiger partial charge in [0.05, 0.1) is 23.7 Å². The molecule has 2 aromatic rings. The number of carbonyl (C=O) groups is 2. The van der Waals surface area contributed by atoms with Crippen LogP contribution in [0, 0.1) is 24.0 Å². The van der Waals surface area contributed by atoms with Crippen molar-refractivity contribution in [3.05, 3.63) is 75.0 Å². The summed E-state index contributed by atoms with van der Waals surface area (Å²) in [5, 5.41) is 14.2. The SMILES string of the molecule is Cc1ccc(NC2=C(c3ccc([N+](=O)[O-])cc3)C(=O)N(CCN3CCOCC3)C2=O)cc1C. The molecule has 33 heavy (non-hydrogen) atoms. The molecule has 0 spiro atoms. The number of ether oxygens (including phenoxy) is 1. The van der Waals surface area contributed by atoms with Gasteiger partial charge in [0.2, 0.25) is 0 Å². The van der Waals surface area contributed by atoms with Crippen LogP contribution >= 0.6 is 0 Å². The molecule has 0 radical (unpaired) electrons. The Labute approximate surface area is 191 Å². The summed E-state index contributed by atoms with van der Waals surface area (Å²) in [6.07, 6.45) is 0. The van der Waals surface area contributed by atoms with E-state index in [1.165, 1.54) is 29.2 Å².